The van der Waals surface area contributed by atoms with Crippen molar-refractivity contribution in [1.29, 1.82) is 0 Å². The van der Waals surface area contributed by atoms with Gasteiger partial charge in [-0.3, -0.25) is 9.59 Å². The van der Waals surface area contributed by atoms with Crippen LogP contribution in [0.1, 0.15) is 30.6 Å². The predicted octanol–water partition coefficient (Wildman–Crippen LogP) is 0.379. The van der Waals surface area contributed by atoms with Crippen LogP contribution in [0.4, 0.5) is 0 Å². The van der Waals surface area contributed by atoms with Crippen LogP contribution in [0.2, 0.25) is 0 Å². The number of hydrogen-bond acceptors (Lipinski definition) is 4. The van der Waals surface area contributed by atoms with Crippen molar-refractivity contribution in [2.45, 2.75) is 25.8 Å². The van der Waals surface area contributed by atoms with E-state index in [1.54, 1.807) is 0 Å². The van der Waals surface area contributed by atoms with Crippen LogP contribution in [-0.4, -0.2) is 35.0 Å². The van der Waals surface area contributed by atoms with E-state index in [9.17, 15) is 14.4 Å². The van der Waals surface area contributed by atoms with Gasteiger partial charge in [0.1, 0.15) is 11.8 Å². The molecular weight excluding hydrogens is 252 g/mol. The zero-order valence-corrected chi connectivity index (χ0v) is 10.7. The van der Waals surface area contributed by atoms with Gasteiger partial charge in [-0.1, -0.05) is 0 Å². The second-order valence-corrected chi connectivity index (χ2v) is 4.50. The molecule has 7 heteroatoms. The molecule has 1 aromatic rings. The summed E-state index contributed by atoms with van der Waals surface area (Å²) < 4.78 is 4.75. The Kier molecular flexibility index (Phi) is 4.68. The predicted molar refractivity (Wildman–Crippen MR) is 65.5 cm³/mol. The average molecular weight is 268 g/mol. The number of nitrogens with one attached hydrogen (secondary N) is 2. The lowest BCUT2D eigenvalue weighted by atomic mass is 10.1. The van der Waals surface area contributed by atoms with Crippen LogP contribution < -0.4 is 10.6 Å². The van der Waals surface area contributed by atoms with E-state index in [0.717, 1.165) is 0 Å². The lowest BCUT2D eigenvalue weighted by Gasteiger charge is -2.20. The average Bonchev–Trinajstić information content (AvgIpc) is 2.81. The van der Waals surface area contributed by atoms with Crippen LogP contribution in [-0.2, 0) is 9.59 Å². The monoisotopic (exact) mass is 268 g/mol. The number of furan rings is 1. The summed E-state index contributed by atoms with van der Waals surface area (Å²) in [5, 5.41) is 13.7. The standard InChI is InChI=1S/C12H16N2O5/c1-12(2,11(17)18)14-9(15)3-5-13-10(16)8-4-6-19-7-8/h4,6-7H,3,5H2,1-2H3,(H,13,16)(H,14,15)(H,17,18). The largest absolute Gasteiger partial charge is 0.480 e. The molecule has 0 unspecified atom stereocenters. The molecular formula is C12H16N2O5. The summed E-state index contributed by atoms with van der Waals surface area (Å²) in [7, 11) is 0. The molecule has 19 heavy (non-hydrogen) atoms. The molecule has 0 fully saturated rings. The first-order valence-corrected chi connectivity index (χ1v) is 5.68. The van der Waals surface area contributed by atoms with Crippen molar-refractivity contribution >= 4 is 17.8 Å². The Bertz CT molecular complexity index is 464. The number of carboxylic acid groups (broad SMARTS) is 1. The second kappa shape index (κ2) is 6.03. The Morgan fingerprint density at radius 2 is 2.05 bits per heavy atom. The highest BCUT2D eigenvalue weighted by Crippen LogP contribution is 2.02. The maximum Gasteiger partial charge on any atom is 0.328 e. The highest BCUT2D eigenvalue weighted by atomic mass is 16.4. The molecule has 1 heterocycles. The number of amides is 2. The number of hydrogen-bond donors (Lipinski definition) is 3. The summed E-state index contributed by atoms with van der Waals surface area (Å²) in [5.74, 6) is -1.91. The van der Waals surface area contributed by atoms with Crippen LogP contribution >= 0.6 is 0 Å². The van der Waals surface area contributed by atoms with Gasteiger partial charge < -0.3 is 20.2 Å². The Morgan fingerprint density at radius 1 is 1.37 bits per heavy atom. The van der Waals surface area contributed by atoms with E-state index >= 15 is 0 Å². The van der Waals surface area contributed by atoms with Gasteiger partial charge in [0.05, 0.1) is 11.8 Å². The van der Waals surface area contributed by atoms with Crippen LogP contribution in [0.15, 0.2) is 23.0 Å². The van der Waals surface area contributed by atoms with Crippen molar-refractivity contribution in [2.24, 2.45) is 0 Å². The van der Waals surface area contributed by atoms with Crippen molar-refractivity contribution < 1.29 is 23.9 Å². The molecule has 0 atom stereocenters. The third-order valence-corrected chi connectivity index (χ3v) is 2.41. The minimum atomic E-state index is -1.33. The van der Waals surface area contributed by atoms with E-state index in [0.29, 0.717) is 5.56 Å². The molecule has 0 aliphatic rings. The molecule has 1 rings (SSSR count). The quantitative estimate of drug-likeness (QED) is 0.691. The number of aliphatic carboxylic acids is 1. The number of rotatable bonds is 6. The highest BCUT2D eigenvalue weighted by molar-refractivity contribution is 5.94. The van der Waals surface area contributed by atoms with Crippen LogP contribution in [0.3, 0.4) is 0 Å². The van der Waals surface area contributed by atoms with E-state index in [2.05, 4.69) is 10.6 Å². The molecule has 0 saturated carbocycles. The third-order valence-electron chi connectivity index (χ3n) is 2.41. The Balaban J connectivity index is 2.32. The third kappa shape index (κ3) is 4.46. The molecule has 1 aromatic heterocycles. The zero-order valence-electron chi connectivity index (χ0n) is 10.7. The van der Waals surface area contributed by atoms with Gasteiger partial charge in [0.25, 0.3) is 5.91 Å². The van der Waals surface area contributed by atoms with Crippen LogP contribution in [0, 0.1) is 0 Å². The van der Waals surface area contributed by atoms with Crippen molar-refractivity contribution in [1.82, 2.24) is 10.6 Å². The summed E-state index contributed by atoms with van der Waals surface area (Å²) in [6.07, 6.45) is 2.67. The van der Waals surface area contributed by atoms with Gasteiger partial charge in [0, 0.05) is 13.0 Å². The molecule has 3 N–H and O–H groups in total. The molecule has 0 saturated heterocycles. The lowest BCUT2D eigenvalue weighted by molar-refractivity contribution is -0.146. The van der Waals surface area contributed by atoms with E-state index in [-0.39, 0.29) is 18.9 Å². The van der Waals surface area contributed by atoms with Gasteiger partial charge in [0.2, 0.25) is 5.91 Å². The maximum atomic E-state index is 11.5. The molecule has 0 spiro atoms. The van der Waals surface area contributed by atoms with Gasteiger partial charge in [0.15, 0.2) is 0 Å². The van der Waals surface area contributed by atoms with E-state index in [1.165, 1.54) is 32.4 Å². The Morgan fingerprint density at radius 3 is 2.58 bits per heavy atom. The van der Waals surface area contributed by atoms with E-state index in [1.807, 2.05) is 0 Å². The SMILES string of the molecule is CC(C)(NC(=O)CCNC(=O)c1ccoc1)C(=O)O. The first-order valence-electron chi connectivity index (χ1n) is 5.68. The van der Waals surface area contributed by atoms with E-state index in [4.69, 9.17) is 9.52 Å². The first-order chi connectivity index (χ1) is 8.83. The molecule has 0 radical (unpaired) electrons. The molecule has 0 aliphatic heterocycles. The van der Waals surface area contributed by atoms with Gasteiger partial charge in [-0.2, -0.15) is 0 Å². The van der Waals surface area contributed by atoms with Crippen molar-refractivity contribution in [3.8, 4) is 0 Å². The minimum absolute atomic E-state index is 0.000299. The van der Waals surface area contributed by atoms with Crippen molar-refractivity contribution in [2.75, 3.05) is 6.54 Å². The van der Waals surface area contributed by atoms with Crippen LogP contribution in [0.5, 0.6) is 0 Å². The smallest absolute Gasteiger partial charge is 0.328 e. The molecule has 0 aromatic carbocycles. The lowest BCUT2D eigenvalue weighted by Crippen LogP contribution is -2.50. The fourth-order valence-corrected chi connectivity index (χ4v) is 1.25. The summed E-state index contributed by atoms with van der Waals surface area (Å²) in [6.45, 7) is 2.89. The molecule has 7 nitrogen and oxygen atoms in total. The summed E-state index contributed by atoms with van der Waals surface area (Å²) in [6, 6.07) is 1.50. The summed E-state index contributed by atoms with van der Waals surface area (Å²) >= 11 is 0. The zero-order chi connectivity index (χ0) is 14.5. The first kappa shape index (κ1) is 14.7. The van der Waals surface area contributed by atoms with E-state index < -0.39 is 17.4 Å². The van der Waals surface area contributed by atoms with Crippen molar-refractivity contribution in [3.05, 3.63) is 24.2 Å². The normalized spacial score (nSPS) is 10.8. The van der Waals surface area contributed by atoms with Gasteiger partial charge in [-0.15, -0.1) is 0 Å². The second-order valence-electron chi connectivity index (χ2n) is 4.50. The molecule has 2 amide bonds. The summed E-state index contributed by atoms with van der Waals surface area (Å²) in [4.78, 5) is 33.8. The maximum absolute atomic E-state index is 11.5. The van der Waals surface area contributed by atoms with Crippen LogP contribution in [0.25, 0.3) is 0 Å². The number of carbonyl (C=O) groups excluding carboxylic acids is 2. The minimum Gasteiger partial charge on any atom is -0.480 e. The van der Waals surface area contributed by atoms with Gasteiger partial charge in [-0.05, 0) is 19.9 Å². The molecule has 0 aliphatic carbocycles. The number of carboxylic acids is 1. The number of carbonyl (C=O) groups is 3. The Labute approximate surface area is 110 Å². The Hall–Kier alpha value is -2.31. The summed E-state index contributed by atoms with van der Waals surface area (Å²) in [5.41, 5.74) is -0.961. The highest BCUT2D eigenvalue weighted by Gasteiger charge is 2.28. The fraction of sp³-hybridized carbons (Fsp3) is 0.417. The van der Waals surface area contributed by atoms with Gasteiger partial charge >= 0.3 is 5.97 Å². The van der Waals surface area contributed by atoms with Crippen molar-refractivity contribution in [3.63, 3.8) is 0 Å². The molecule has 0 bridgehead atoms. The topological polar surface area (TPSA) is 109 Å². The fourth-order valence-electron chi connectivity index (χ4n) is 1.25. The molecule has 104 valence electrons. The van der Waals surface area contributed by atoms with Gasteiger partial charge in [-0.25, -0.2) is 4.79 Å².